The van der Waals surface area contributed by atoms with Crippen LogP contribution in [-0.4, -0.2) is 45.1 Å². The van der Waals surface area contributed by atoms with Gasteiger partial charge in [-0.05, 0) is 18.8 Å². The summed E-state index contributed by atoms with van der Waals surface area (Å²) in [5.41, 5.74) is -0.926. The molecule has 0 aliphatic carbocycles. The lowest BCUT2D eigenvalue weighted by Gasteiger charge is -2.32. The Kier molecular flexibility index (Phi) is 7.59. The summed E-state index contributed by atoms with van der Waals surface area (Å²) < 4.78 is 40.9. The molecular weight excluding hydrogens is 333 g/mol. The fourth-order valence-electron chi connectivity index (χ4n) is 2.05. The van der Waals surface area contributed by atoms with E-state index in [0.29, 0.717) is 25.1 Å². The minimum atomic E-state index is -4.40. The third kappa shape index (κ3) is 6.94. The third-order valence-electron chi connectivity index (χ3n) is 3.18. The van der Waals surface area contributed by atoms with Crippen LogP contribution in [0.15, 0.2) is 12.4 Å². The lowest BCUT2D eigenvalue weighted by molar-refractivity contribution is -0.141. The second-order valence-corrected chi connectivity index (χ2v) is 6.13. The van der Waals surface area contributed by atoms with E-state index in [2.05, 4.69) is 31.0 Å². The molecule has 2 rings (SSSR count). The van der Waals surface area contributed by atoms with Crippen molar-refractivity contribution in [3.05, 3.63) is 22.7 Å². The molecule has 2 heterocycles. The Morgan fingerprint density at radius 3 is 2.52 bits per heavy atom. The fourth-order valence-corrected chi connectivity index (χ4v) is 2.22. The predicted octanol–water partition coefficient (Wildman–Crippen LogP) is 2.70. The molecule has 9 heteroatoms. The van der Waals surface area contributed by atoms with E-state index < -0.39 is 24.1 Å². The summed E-state index contributed by atoms with van der Waals surface area (Å²) in [6.07, 6.45) is -2.66. The summed E-state index contributed by atoms with van der Waals surface area (Å²) in [5.74, 6) is 0.495. The van der Waals surface area contributed by atoms with Crippen LogP contribution in [0.3, 0.4) is 0 Å². The summed E-state index contributed by atoms with van der Waals surface area (Å²) >= 11 is 4.45. The lowest BCUT2D eigenvalue weighted by Crippen LogP contribution is -2.44. The second kappa shape index (κ2) is 8.72. The number of nitrogens with zero attached hydrogens (tertiary/aromatic N) is 1. The summed E-state index contributed by atoms with van der Waals surface area (Å²) in [6.45, 7) is 4.73. The highest BCUT2D eigenvalue weighted by Crippen LogP contribution is 2.26. The van der Waals surface area contributed by atoms with Gasteiger partial charge in [0, 0.05) is 6.61 Å². The topological polar surface area (TPSA) is 78.4 Å². The van der Waals surface area contributed by atoms with Crippen LogP contribution < -0.4 is 0 Å². The van der Waals surface area contributed by atoms with Crippen LogP contribution in [0.2, 0.25) is 0 Å². The molecule has 0 saturated carbocycles. The van der Waals surface area contributed by atoms with Crippen LogP contribution in [0.4, 0.5) is 13.2 Å². The smallest absolute Gasteiger partial charge is 0.390 e. The van der Waals surface area contributed by atoms with Crippen LogP contribution in [0.5, 0.6) is 0 Å². The summed E-state index contributed by atoms with van der Waals surface area (Å²) in [6, 6.07) is 0. The number of aromatic amines is 1. The maximum absolute atomic E-state index is 11.9. The highest BCUT2D eigenvalue weighted by Gasteiger charge is 2.32. The van der Waals surface area contributed by atoms with Crippen LogP contribution in [0.25, 0.3) is 0 Å². The zero-order valence-electron chi connectivity index (χ0n) is 12.9. The first kappa shape index (κ1) is 20.0. The zero-order chi connectivity index (χ0) is 17.6. The molecular formula is C14H21F3N2O3S. The molecule has 0 bridgehead atoms. The molecule has 1 aromatic heterocycles. The zero-order valence-corrected chi connectivity index (χ0v) is 13.7. The monoisotopic (exact) mass is 354 g/mol. The first-order chi connectivity index (χ1) is 10.6. The van der Waals surface area contributed by atoms with E-state index in [9.17, 15) is 23.4 Å². The molecule has 1 saturated heterocycles. The van der Waals surface area contributed by atoms with E-state index in [1.54, 1.807) is 0 Å². The molecule has 132 valence electrons. The Balaban J connectivity index is 0.000000231. The molecule has 1 aromatic rings. The van der Waals surface area contributed by atoms with Crippen molar-refractivity contribution in [2.24, 2.45) is 5.92 Å². The van der Waals surface area contributed by atoms with Crippen molar-refractivity contribution in [1.82, 2.24) is 9.97 Å². The molecule has 0 spiro atoms. The Hall–Kier alpha value is -1.03. The number of aromatic nitrogens is 2. The summed E-state index contributed by atoms with van der Waals surface area (Å²) in [5, 5.41) is 18.8. The molecule has 0 amide bonds. The number of halogens is 3. The molecule has 1 aliphatic rings. The van der Waals surface area contributed by atoms with Crippen molar-refractivity contribution >= 4 is 12.2 Å². The maximum Gasteiger partial charge on any atom is 0.432 e. The lowest BCUT2D eigenvalue weighted by atomic mass is 9.95. The fraction of sp³-hybridized carbons (Fsp3) is 0.714. The number of hydrogen-bond acceptors (Lipinski definition) is 5. The highest BCUT2D eigenvalue weighted by molar-refractivity contribution is 7.71. The largest absolute Gasteiger partial charge is 0.432 e. The number of aliphatic hydroxyl groups excluding tert-OH is 2. The number of ether oxygens (including phenoxy) is 1. The van der Waals surface area contributed by atoms with Gasteiger partial charge in [0.05, 0.1) is 24.6 Å². The van der Waals surface area contributed by atoms with Crippen LogP contribution in [0.1, 0.15) is 32.4 Å². The van der Waals surface area contributed by atoms with Crippen molar-refractivity contribution in [3.8, 4) is 0 Å². The van der Waals surface area contributed by atoms with Crippen molar-refractivity contribution < 1.29 is 28.1 Å². The second-order valence-electron chi connectivity index (χ2n) is 5.69. The minimum Gasteiger partial charge on any atom is -0.390 e. The van der Waals surface area contributed by atoms with Gasteiger partial charge < -0.3 is 19.9 Å². The van der Waals surface area contributed by atoms with Gasteiger partial charge >= 0.3 is 6.18 Å². The summed E-state index contributed by atoms with van der Waals surface area (Å²) in [4.78, 5) is 5.27. The van der Waals surface area contributed by atoms with Crippen LogP contribution in [0, 0.1) is 10.6 Å². The van der Waals surface area contributed by atoms with Crippen LogP contribution >= 0.6 is 12.2 Å². The van der Waals surface area contributed by atoms with Crippen LogP contribution in [-0.2, 0) is 10.9 Å². The number of hydrogen-bond donors (Lipinski definition) is 3. The highest BCUT2D eigenvalue weighted by atomic mass is 32.1. The molecule has 0 radical (unpaired) electrons. The van der Waals surface area contributed by atoms with Gasteiger partial charge in [0.25, 0.3) is 0 Å². The molecule has 3 atom stereocenters. The normalized spacial score (nSPS) is 25.0. The van der Waals surface area contributed by atoms with Gasteiger partial charge in [-0.15, -0.1) is 0 Å². The Bertz CT molecular complexity index is 536. The van der Waals surface area contributed by atoms with Gasteiger partial charge in [0.1, 0.15) is 16.4 Å². The first-order valence-corrected chi connectivity index (χ1v) is 7.61. The predicted molar refractivity (Wildman–Crippen MR) is 80.2 cm³/mol. The van der Waals surface area contributed by atoms with E-state index >= 15 is 0 Å². The molecule has 23 heavy (non-hydrogen) atoms. The quantitative estimate of drug-likeness (QED) is 0.712. The number of aliphatic hydroxyl groups is 2. The van der Waals surface area contributed by atoms with Crippen molar-refractivity contribution in [1.29, 1.82) is 0 Å². The number of nitrogens with one attached hydrogen (secondary N) is 1. The summed E-state index contributed by atoms with van der Waals surface area (Å²) in [7, 11) is 0. The van der Waals surface area contributed by atoms with Gasteiger partial charge in [-0.2, -0.15) is 13.2 Å². The Morgan fingerprint density at radius 2 is 2.04 bits per heavy atom. The van der Waals surface area contributed by atoms with Crippen molar-refractivity contribution in [2.45, 2.75) is 51.2 Å². The number of rotatable bonds is 2. The van der Waals surface area contributed by atoms with E-state index in [1.807, 2.05) is 4.98 Å². The minimum absolute atomic E-state index is 0.0279. The molecule has 0 aromatic carbocycles. The number of H-pyrrole nitrogens is 1. The molecule has 5 nitrogen and oxygen atoms in total. The first-order valence-electron chi connectivity index (χ1n) is 7.20. The standard InChI is InChI=1S/C9H18O3.C5H3F3N2S/c1-6(2)5-8-9(11)7(10)3-4-12-8;6-5(7,8)3-1-9-2-4(11)10-3/h6-11H,3-5H2,1-2H3;1-2H,(H,10,11). The Labute approximate surface area is 137 Å². The van der Waals surface area contributed by atoms with Crippen molar-refractivity contribution in [2.75, 3.05) is 6.61 Å². The maximum atomic E-state index is 11.9. The van der Waals surface area contributed by atoms with Gasteiger partial charge in [0.15, 0.2) is 0 Å². The van der Waals surface area contributed by atoms with Gasteiger partial charge in [-0.1, -0.05) is 26.1 Å². The van der Waals surface area contributed by atoms with E-state index in [1.165, 1.54) is 0 Å². The number of alkyl halides is 3. The van der Waals surface area contributed by atoms with Gasteiger partial charge in [-0.25, -0.2) is 0 Å². The van der Waals surface area contributed by atoms with E-state index in [-0.39, 0.29) is 10.7 Å². The van der Waals surface area contributed by atoms with E-state index in [0.717, 1.165) is 12.6 Å². The molecule has 1 aliphatic heterocycles. The van der Waals surface area contributed by atoms with Gasteiger partial charge in [0.2, 0.25) is 0 Å². The Morgan fingerprint density at radius 1 is 1.39 bits per heavy atom. The van der Waals surface area contributed by atoms with Gasteiger partial charge in [-0.3, -0.25) is 4.98 Å². The molecule has 3 unspecified atom stereocenters. The molecule has 1 fully saturated rings. The SMILES string of the molecule is CC(C)CC1OCCC(O)C1O.FC(F)(F)c1cncc(=S)[nH]1. The van der Waals surface area contributed by atoms with Crippen molar-refractivity contribution in [3.63, 3.8) is 0 Å². The van der Waals surface area contributed by atoms with E-state index in [4.69, 9.17) is 4.74 Å². The third-order valence-corrected chi connectivity index (χ3v) is 3.39. The average Bonchev–Trinajstić information content (AvgIpc) is 2.43. The average molecular weight is 354 g/mol. The molecule has 3 N–H and O–H groups in total.